The van der Waals surface area contributed by atoms with Crippen molar-refractivity contribution in [1.82, 2.24) is 4.90 Å². The van der Waals surface area contributed by atoms with E-state index in [-0.39, 0.29) is 17.9 Å². The minimum absolute atomic E-state index is 0.109. The van der Waals surface area contributed by atoms with Gasteiger partial charge in [-0.15, -0.1) is 0 Å². The molecule has 0 spiro atoms. The zero-order chi connectivity index (χ0) is 13.1. The summed E-state index contributed by atoms with van der Waals surface area (Å²) in [4.78, 5) is 14.0. The quantitative estimate of drug-likeness (QED) is 0.913. The molecule has 2 atom stereocenters. The van der Waals surface area contributed by atoms with Crippen molar-refractivity contribution in [1.29, 1.82) is 0 Å². The molecule has 3 nitrogen and oxygen atoms in total. The van der Waals surface area contributed by atoms with Gasteiger partial charge in [-0.2, -0.15) is 0 Å². The number of amides is 1. The molecule has 0 heterocycles. The highest BCUT2D eigenvalue weighted by molar-refractivity contribution is 6.30. The molecule has 1 aromatic carbocycles. The van der Waals surface area contributed by atoms with Gasteiger partial charge in [0.25, 0.3) is 0 Å². The second-order valence-corrected chi connectivity index (χ2v) is 5.53. The number of carbonyl (C=O) groups excluding carboxylic acids is 1. The maximum Gasteiger partial charge on any atom is 0.225 e. The molecule has 1 fully saturated rings. The van der Waals surface area contributed by atoms with E-state index < -0.39 is 0 Å². The molecule has 2 N–H and O–H groups in total. The smallest absolute Gasteiger partial charge is 0.225 e. The van der Waals surface area contributed by atoms with Crippen molar-refractivity contribution in [3.63, 3.8) is 0 Å². The van der Waals surface area contributed by atoms with Crippen LogP contribution in [0.1, 0.15) is 24.8 Å². The van der Waals surface area contributed by atoms with Crippen molar-refractivity contribution in [2.24, 2.45) is 11.7 Å². The van der Waals surface area contributed by atoms with Crippen molar-refractivity contribution < 1.29 is 4.79 Å². The largest absolute Gasteiger partial charge is 0.341 e. The number of halogens is 1. The highest BCUT2D eigenvalue weighted by Crippen LogP contribution is 2.26. The molecule has 98 valence electrons. The Balaban J connectivity index is 1.93. The minimum Gasteiger partial charge on any atom is -0.341 e. The van der Waals surface area contributed by atoms with Crippen molar-refractivity contribution in [2.75, 3.05) is 7.05 Å². The van der Waals surface area contributed by atoms with Crippen LogP contribution in [0.5, 0.6) is 0 Å². The second-order valence-electron chi connectivity index (χ2n) is 5.09. The van der Waals surface area contributed by atoms with E-state index >= 15 is 0 Å². The average molecular weight is 267 g/mol. The van der Waals surface area contributed by atoms with Gasteiger partial charge in [-0.1, -0.05) is 23.7 Å². The van der Waals surface area contributed by atoms with E-state index in [0.717, 1.165) is 29.8 Å². The normalized spacial score (nSPS) is 23.1. The molecule has 1 aromatic rings. The number of carbonyl (C=O) groups is 1. The second kappa shape index (κ2) is 5.72. The maximum atomic E-state index is 12.2. The summed E-state index contributed by atoms with van der Waals surface area (Å²) in [5.41, 5.74) is 6.94. The van der Waals surface area contributed by atoms with Gasteiger partial charge in [0.05, 0.1) is 0 Å². The van der Waals surface area contributed by atoms with Crippen molar-refractivity contribution in [2.45, 2.75) is 31.8 Å². The highest BCUT2D eigenvalue weighted by atomic mass is 35.5. The van der Waals surface area contributed by atoms with Crippen LogP contribution in [0, 0.1) is 5.92 Å². The first-order valence-corrected chi connectivity index (χ1v) is 6.69. The van der Waals surface area contributed by atoms with Crippen LogP contribution >= 0.6 is 11.6 Å². The third-order valence-electron chi connectivity index (χ3n) is 3.53. The Bertz CT molecular complexity index is 418. The first-order valence-electron chi connectivity index (χ1n) is 6.31. The maximum absolute atomic E-state index is 12.2. The lowest BCUT2D eigenvalue weighted by Gasteiger charge is -2.21. The summed E-state index contributed by atoms with van der Waals surface area (Å²) in [6.45, 7) is 0.627. The van der Waals surface area contributed by atoms with Crippen LogP contribution in [0.4, 0.5) is 0 Å². The van der Waals surface area contributed by atoms with Gasteiger partial charge in [0.15, 0.2) is 0 Å². The van der Waals surface area contributed by atoms with Gasteiger partial charge in [-0.25, -0.2) is 0 Å². The molecule has 0 unspecified atom stereocenters. The zero-order valence-electron chi connectivity index (χ0n) is 10.6. The molecule has 0 aliphatic heterocycles. The van der Waals surface area contributed by atoms with E-state index in [4.69, 9.17) is 17.3 Å². The standard InChI is InChI=1S/C14H19ClN2O/c1-17(9-10-2-5-12(15)6-3-10)14(18)11-4-7-13(16)8-11/h2-3,5-6,11,13H,4,7-9,16H2,1H3/t11-,13+/m1/s1. The molecule has 1 aliphatic rings. The molecule has 0 aromatic heterocycles. The number of benzene rings is 1. The number of rotatable bonds is 3. The summed E-state index contributed by atoms with van der Waals surface area (Å²) in [7, 11) is 1.85. The fraction of sp³-hybridized carbons (Fsp3) is 0.500. The molecular weight excluding hydrogens is 248 g/mol. The molecule has 0 radical (unpaired) electrons. The molecule has 1 aliphatic carbocycles. The van der Waals surface area contributed by atoms with Gasteiger partial charge in [0.1, 0.15) is 0 Å². The summed E-state index contributed by atoms with van der Waals surface area (Å²) >= 11 is 5.84. The number of nitrogens with zero attached hydrogens (tertiary/aromatic N) is 1. The van der Waals surface area contributed by atoms with Crippen LogP contribution in [0.2, 0.25) is 5.02 Å². The molecule has 1 saturated carbocycles. The summed E-state index contributed by atoms with van der Waals surface area (Å²) < 4.78 is 0. The van der Waals surface area contributed by atoms with Crippen molar-refractivity contribution >= 4 is 17.5 Å². The van der Waals surface area contributed by atoms with Gasteiger partial charge in [0, 0.05) is 30.6 Å². The molecule has 0 bridgehead atoms. The molecule has 2 rings (SSSR count). The first kappa shape index (κ1) is 13.4. The van der Waals surface area contributed by atoms with Crippen molar-refractivity contribution in [3.05, 3.63) is 34.9 Å². The van der Waals surface area contributed by atoms with E-state index in [2.05, 4.69) is 0 Å². The summed E-state index contributed by atoms with van der Waals surface area (Å²) in [6, 6.07) is 7.79. The van der Waals surface area contributed by atoms with E-state index in [1.807, 2.05) is 31.3 Å². The minimum atomic E-state index is 0.109. The molecular formula is C14H19ClN2O. The Morgan fingerprint density at radius 2 is 2.06 bits per heavy atom. The average Bonchev–Trinajstić information content (AvgIpc) is 2.78. The van der Waals surface area contributed by atoms with Gasteiger partial charge in [-0.05, 0) is 37.0 Å². The van der Waals surface area contributed by atoms with Gasteiger partial charge in [0.2, 0.25) is 5.91 Å². The fourth-order valence-electron chi connectivity index (χ4n) is 2.49. The Morgan fingerprint density at radius 3 is 2.61 bits per heavy atom. The number of nitrogens with two attached hydrogens (primary N) is 1. The van der Waals surface area contributed by atoms with Crippen molar-refractivity contribution in [3.8, 4) is 0 Å². The summed E-state index contributed by atoms with van der Waals surface area (Å²) in [6.07, 6.45) is 2.71. The van der Waals surface area contributed by atoms with Gasteiger partial charge in [-0.3, -0.25) is 4.79 Å². The molecule has 18 heavy (non-hydrogen) atoms. The Hall–Kier alpha value is -1.06. The number of hydrogen-bond donors (Lipinski definition) is 1. The van der Waals surface area contributed by atoms with E-state index in [9.17, 15) is 4.79 Å². The van der Waals surface area contributed by atoms with Crippen LogP contribution in [0.25, 0.3) is 0 Å². The van der Waals surface area contributed by atoms with Crippen LogP contribution in [0.3, 0.4) is 0 Å². The van der Waals surface area contributed by atoms with E-state index in [0.29, 0.717) is 6.54 Å². The lowest BCUT2D eigenvalue weighted by molar-refractivity contribution is -0.134. The summed E-state index contributed by atoms with van der Waals surface area (Å²) in [5.74, 6) is 0.315. The topological polar surface area (TPSA) is 46.3 Å². The van der Waals surface area contributed by atoms with Crippen LogP contribution < -0.4 is 5.73 Å². The first-order chi connectivity index (χ1) is 8.56. The third-order valence-corrected chi connectivity index (χ3v) is 3.78. The predicted octanol–water partition coefficient (Wildman–Crippen LogP) is 2.43. The Morgan fingerprint density at radius 1 is 1.39 bits per heavy atom. The molecule has 1 amide bonds. The summed E-state index contributed by atoms with van der Waals surface area (Å²) in [5, 5.41) is 0.717. The van der Waals surface area contributed by atoms with Gasteiger partial charge < -0.3 is 10.6 Å². The highest BCUT2D eigenvalue weighted by Gasteiger charge is 2.29. The zero-order valence-corrected chi connectivity index (χ0v) is 11.4. The van der Waals surface area contributed by atoms with E-state index in [1.54, 1.807) is 4.90 Å². The molecule has 4 heteroatoms. The SMILES string of the molecule is CN(Cc1ccc(Cl)cc1)C(=O)[C@@H]1CC[C@H](N)C1. The van der Waals surface area contributed by atoms with Crippen LogP contribution in [-0.4, -0.2) is 23.9 Å². The third kappa shape index (κ3) is 3.24. The van der Waals surface area contributed by atoms with Crippen LogP contribution in [-0.2, 0) is 11.3 Å². The van der Waals surface area contributed by atoms with E-state index in [1.165, 1.54) is 0 Å². The Kier molecular flexibility index (Phi) is 4.25. The predicted molar refractivity (Wildman–Crippen MR) is 73.2 cm³/mol. The monoisotopic (exact) mass is 266 g/mol. The Labute approximate surface area is 113 Å². The number of hydrogen-bond acceptors (Lipinski definition) is 2. The van der Waals surface area contributed by atoms with Crippen LogP contribution in [0.15, 0.2) is 24.3 Å². The lowest BCUT2D eigenvalue weighted by Crippen LogP contribution is -2.32. The molecule has 0 saturated heterocycles. The van der Waals surface area contributed by atoms with Gasteiger partial charge >= 0.3 is 0 Å². The fourth-order valence-corrected chi connectivity index (χ4v) is 2.62. The lowest BCUT2D eigenvalue weighted by atomic mass is 10.1.